The lowest BCUT2D eigenvalue weighted by atomic mass is 10.1. The number of benzene rings is 3. The van der Waals surface area contributed by atoms with Crippen molar-refractivity contribution in [3.05, 3.63) is 83.9 Å². The molecule has 0 aliphatic heterocycles. The number of carboxylic acid groups (broad SMARTS) is 1. The zero-order chi connectivity index (χ0) is 20.8. The van der Waals surface area contributed by atoms with Crippen molar-refractivity contribution >= 4 is 28.4 Å². The molecule has 1 heterocycles. The molecule has 0 aliphatic carbocycles. The normalized spacial score (nSPS) is 10.2. The first kappa shape index (κ1) is 20.0. The molecule has 0 fully saturated rings. The molecule has 0 bridgehead atoms. The summed E-state index contributed by atoms with van der Waals surface area (Å²) in [5, 5.41) is 13.2. The number of nitrogens with one attached hydrogen (secondary N) is 1. The number of aromatic carboxylic acids is 1. The summed E-state index contributed by atoms with van der Waals surface area (Å²) in [7, 11) is 0. The SMILES string of the molecule is CC.Cc1ccc(-c2nc(Nc3ccc(C(=O)O)cc3)c3ccccc3n2)cc1. The van der Waals surface area contributed by atoms with E-state index in [4.69, 9.17) is 10.1 Å². The van der Waals surface area contributed by atoms with Gasteiger partial charge in [0, 0.05) is 16.6 Å². The molecule has 4 aromatic rings. The minimum atomic E-state index is -0.948. The minimum Gasteiger partial charge on any atom is -0.478 e. The predicted octanol–water partition coefficient (Wildman–Crippen LogP) is 6.07. The lowest BCUT2D eigenvalue weighted by molar-refractivity contribution is 0.0697. The maximum absolute atomic E-state index is 11.0. The summed E-state index contributed by atoms with van der Waals surface area (Å²) in [6, 6.07) is 22.5. The summed E-state index contributed by atoms with van der Waals surface area (Å²) >= 11 is 0. The third kappa shape index (κ3) is 4.58. The highest BCUT2D eigenvalue weighted by atomic mass is 16.4. The van der Waals surface area contributed by atoms with E-state index in [9.17, 15) is 4.79 Å². The number of anilines is 2. The molecule has 0 saturated carbocycles. The molecule has 146 valence electrons. The number of aromatic nitrogens is 2. The Morgan fingerprint density at radius 2 is 1.52 bits per heavy atom. The molecule has 0 atom stereocenters. The smallest absolute Gasteiger partial charge is 0.335 e. The highest BCUT2D eigenvalue weighted by Gasteiger charge is 2.10. The van der Waals surface area contributed by atoms with Crippen LogP contribution in [0.1, 0.15) is 29.8 Å². The summed E-state index contributed by atoms with van der Waals surface area (Å²) in [4.78, 5) is 20.4. The second-order valence-electron chi connectivity index (χ2n) is 6.29. The zero-order valence-corrected chi connectivity index (χ0v) is 16.7. The highest BCUT2D eigenvalue weighted by Crippen LogP contribution is 2.27. The number of hydrogen-bond acceptors (Lipinski definition) is 4. The first-order chi connectivity index (χ1) is 14.1. The lowest BCUT2D eigenvalue weighted by Gasteiger charge is -2.11. The quantitative estimate of drug-likeness (QED) is 0.446. The van der Waals surface area contributed by atoms with Gasteiger partial charge in [0.1, 0.15) is 5.82 Å². The van der Waals surface area contributed by atoms with Gasteiger partial charge in [-0.2, -0.15) is 0 Å². The first-order valence-corrected chi connectivity index (χ1v) is 9.54. The van der Waals surface area contributed by atoms with Crippen LogP contribution in [0.2, 0.25) is 0 Å². The van der Waals surface area contributed by atoms with Crippen LogP contribution >= 0.6 is 0 Å². The van der Waals surface area contributed by atoms with Crippen LogP contribution in [-0.2, 0) is 0 Å². The van der Waals surface area contributed by atoms with Crippen LogP contribution in [0.4, 0.5) is 11.5 Å². The summed E-state index contributed by atoms with van der Waals surface area (Å²) in [6.07, 6.45) is 0. The number of aryl methyl sites for hydroxylation is 1. The largest absolute Gasteiger partial charge is 0.478 e. The molecule has 0 saturated heterocycles. The Hall–Kier alpha value is -3.73. The maximum Gasteiger partial charge on any atom is 0.335 e. The lowest BCUT2D eigenvalue weighted by Crippen LogP contribution is -2.00. The van der Waals surface area contributed by atoms with Gasteiger partial charge in [0.15, 0.2) is 5.82 Å². The van der Waals surface area contributed by atoms with Gasteiger partial charge in [-0.1, -0.05) is 55.8 Å². The van der Waals surface area contributed by atoms with E-state index in [-0.39, 0.29) is 5.56 Å². The molecule has 3 aromatic carbocycles. The number of nitrogens with zero attached hydrogens (tertiary/aromatic N) is 2. The number of rotatable bonds is 4. The van der Waals surface area contributed by atoms with Crippen molar-refractivity contribution < 1.29 is 9.90 Å². The molecule has 0 amide bonds. The maximum atomic E-state index is 11.0. The van der Waals surface area contributed by atoms with Gasteiger partial charge >= 0.3 is 5.97 Å². The van der Waals surface area contributed by atoms with Gasteiger partial charge in [-0.25, -0.2) is 14.8 Å². The van der Waals surface area contributed by atoms with Crippen molar-refractivity contribution in [2.24, 2.45) is 0 Å². The van der Waals surface area contributed by atoms with Gasteiger partial charge in [0.25, 0.3) is 0 Å². The Labute approximate surface area is 170 Å². The van der Waals surface area contributed by atoms with Gasteiger partial charge in [0.05, 0.1) is 11.1 Å². The summed E-state index contributed by atoms with van der Waals surface area (Å²) in [5.41, 5.74) is 3.96. The third-order valence-electron chi connectivity index (χ3n) is 4.31. The Bertz CT molecular complexity index is 1120. The number of para-hydroxylation sites is 1. The van der Waals surface area contributed by atoms with E-state index in [1.54, 1.807) is 24.3 Å². The topological polar surface area (TPSA) is 75.1 Å². The fourth-order valence-electron chi connectivity index (χ4n) is 2.84. The predicted molar refractivity (Wildman–Crippen MR) is 118 cm³/mol. The van der Waals surface area contributed by atoms with Crippen molar-refractivity contribution in [1.29, 1.82) is 0 Å². The van der Waals surface area contributed by atoms with Crippen molar-refractivity contribution in [3.8, 4) is 11.4 Å². The van der Waals surface area contributed by atoms with Gasteiger partial charge in [-0.15, -0.1) is 0 Å². The van der Waals surface area contributed by atoms with Gasteiger partial charge in [0.2, 0.25) is 0 Å². The molecule has 0 spiro atoms. The third-order valence-corrected chi connectivity index (χ3v) is 4.31. The van der Waals surface area contributed by atoms with Crippen LogP contribution in [0, 0.1) is 6.92 Å². The monoisotopic (exact) mass is 385 g/mol. The van der Waals surface area contributed by atoms with Gasteiger partial charge < -0.3 is 10.4 Å². The molecule has 5 heteroatoms. The molecule has 4 rings (SSSR count). The minimum absolute atomic E-state index is 0.244. The van der Waals surface area contributed by atoms with Gasteiger partial charge in [-0.3, -0.25) is 0 Å². The van der Waals surface area contributed by atoms with Crippen LogP contribution in [-0.4, -0.2) is 21.0 Å². The van der Waals surface area contributed by atoms with Crippen LogP contribution in [0.5, 0.6) is 0 Å². The zero-order valence-electron chi connectivity index (χ0n) is 16.7. The Kier molecular flexibility index (Phi) is 6.19. The molecule has 29 heavy (non-hydrogen) atoms. The molecule has 5 nitrogen and oxygen atoms in total. The fourth-order valence-corrected chi connectivity index (χ4v) is 2.84. The number of carboxylic acids is 1. The van der Waals surface area contributed by atoms with E-state index in [0.717, 1.165) is 22.2 Å². The Morgan fingerprint density at radius 1 is 0.862 bits per heavy atom. The van der Waals surface area contributed by atoms with E-state index < -0.39 is 5.97 Å². The van der Waals surface area contributed by atoms with E-state index in [2.05, 4.69) is 10.3 Å². The highest BCUT2D eigenvalue weighted by molar-refractivity contribution is 5.93. The van der Waals surface area contributed by atoms with E-state index in [0.29, 0.717) is 11.6 Å². The van der Waals surface area contributed by atoms with Crippen LogP contribution in [0.15, 0.2) is 72.8 Å². The molecule has 0 aliphatic rings. The van der Waals surface area contributed by atoms with Crippen molar-refractivity contribution in [2.75, 3.05) is 5.32 Å². The molecular formula is C24H23N3O2. The number of fused-ring (bicyclic) bond motifs is 1. The molecule has 0 unspecified atom stereocenters. The van der Waals surface area contributed by atoms with Crippen LogP contribution in [0.25, 0.3) is 22.3 Å². The second-order valence-corrected chi connectivity index (χ2v) is 6.29. The summed E-state index contributed by atoms with van der Waals surface area (Å²) < 4.78 is 0. The summed E-state index contributed by atoms with van der Waals surface area (Å²) in [6.45, 7) is 6.04. The van der Waals surface area contributed by atoms with E-state index >= 15 is 0 Å². The number of hydrogen-bond donors (Lipinski definition) is 2. The summed E-state index contributed by atoms with van der Waals surface area (Å²) in [5.74, 6) is 0.369. The molecule has 0 radical (unpaired) electrons. The molecule has 1 aromatic heterocycles. The molecular weight excluding hydrogens is 362 g/mol. The number of carbonyl (C=O) groups is 1. The second kappa shape index (κ2) is 8.97. The van der Waals surface area contributed by atoms with E-state index in [1.165, 1.54) is 5.56 Å². The average molecular weight is 385 g/mol. The van der Waals surface area contributed by atoms with Crippen molar-refractivity contribution in [1.82, 2.24) is 9.97 Å². The van der Waals surface area contributed by atoms with Crippen molar-refractivity contribution in [3.63, 3.8) is 0 Å². The van der Waals surface area contributed by atoms with Gasteiger partial charge in [-0.05, 0) is 43.3 Å². The van der Waals surface area contributed by atoms with Crippen molar-refractivity contribution in [2.45, 2.75) is 20.8 Å². The Morgan fingerprint density at radius 3 is 2.17 bits per heavy atom. The average Bonchev–Trinajstić information content (AvgIpc) is 2.76. The first-order valence-electron chi connectivity index (χ1n) is 9.54. The standard InChI is InChI=1S/C22H17N3O2.C2H6/c1-14-6-8-15(9-7-14)20-24-19-5-3-2-4-18(19)21(25-20)23-17-12-10-16(11-13-17)22(26)27;1-2/h2-13H,1H3,(H,26,27)(H,23,24,25);1-2H3. The van der Waals surface area contributed by atoms with Crippen LogP contribution < -0.4 is 5.32 Å². The van der Waals surface area contributed by atoms with Crippen LogP contribution in [0.3, 0.4) is 0 Å². The molecule has 2 N–H and O–H groups in total. The fraction of sp³-hybridized carbons (Fsp3) is 0.125. The van der Waals surface area contributed by atoms with E-state index in [1.807, 2.05) is 69.3 Å². The Balaban J connectivity index is 0.00000117.